The minimum absolute atomic E-state index is 0.154. The van der Waals surface area contributed by atoms with Crippen molar-refractivity contribution in [3.63, 3.8) is 0 Å². The predicted molar refractivity (Wildman–Crippen MR) is 152 cm³/mol. The topological polar surface area (TPSA) is 87.7 Å². The van der Waals surface area contributed by atoms with Crippen molar-refractivity contribution in [1.82, 2.24) is 29.8 Å². The molecule has 0 amide bonds. The van der Waals surface area contributed by atoms with E-state index in [-0.39, 0.29) is 18.3 Å². The van der Waals surface area contributed by atoms with E-state index in [1.807, 2.05) is 27.0 Å². The second kappa shape index (κ2) is 11.7. The number of esters is 1. The van der Waals surface area contributed by atoms with Crippen LogP contribution in [0.2, 0.25) is 0 Å². The first kappa shape index (κ1) is 27.0. The van der Waals surface area contributed by atoms with E-state index in [1.54, 1.807) is 4.68 Å². The number of hydrogen-bond acceptors (Lipinski definition) is 6. The van der Waals surface area contributed by atoms with Crippen LogP contribution in [0.3, 0.4) is 0 Å². The lowest BCUT2D eigenvalue weighted by Gasteiger charge is -2.23. The molecule has 0 N–H and O–H groups in total. The van der Waals surface area contributed by atoms with E-state index in [4.69, 9.17) is 4.74 Å². The molecule has 0 radical (unpaired) electrons. The Hall–Kier alpha value is -3.55. The summed E-state index contributed by atoms with van der Waals surface area (Å²) in [7, 11) is 1.90. The number of ether oxygens (including phenoxy) is 1. The smallest absolute Gasteiger partial charge is 0.306 e. The summed E-state index contributed by atoms with van der Waals surface area (Å²) in [5, 5.41) is 17.6. The van der Waals surface area contributed by atoms with Crippen molar-refractivity contribution in [2.45, 2.75) is 85.1 Å². The van der Waals surface area contributed by atoms with Gasteiger partial charge in [-0.05, 0) is 67.5 Å². The largest absolute Gasteiger partial charge is 0.466 e. The highest BCUT2D eigenvalue weighted by atomic mass is 16.5. The molecule has 2 aromatic carbocycles. The molecule has 1 atom stereocenters. The molecule has 0 aliphatic heterocycles. The molecule has 1 aliphatic carbocycles. The fourth-order valence-corrected chi connectivity index (χ4v) is 6.10. The fraction of sp³-hybridized carbons (Fsp3) is 0.516. The average Bonchev–Trinajstić information content (AvgIpc) is 3.47. The summed E-state index contributed by atoms with van der Waals surface area (Å²) in [6, 6.07) is 10.7. The van der Waals surface area contributed by atoms with Gasteiger partial charge in [0.2, 0.25) is 0 Å². The molecule has 39 heavy (non-hydrogen) atoms. The lowest BCUT2D eigenvalue weighted by Crippen LogP contribution is -2.16. The van der Waals surface area contributed by atoms with Gasteiger partial charge < -0.3 is 9.30 Å². The van der Waals surface area contributed by atoms with Crippen molar-refractivity contribution in [3.8, 4) is 0 Å². The number of aryl methyl sites for hydroxylation is 4. The molecule has 2 heterocycles. The summed E-state index contributed by atoms with van der Waals surface area (Å²) in [6.45, 7) is 9.19. The summed E-state index contributed by atoms with van der Waals surface area (Å²) in [5.41, 5.74) is 7.48. The second-order valence-corrected chi connectivity index (χ2v) is 11.1. The number of fused-ring (bicyclic) bond motifs is 1. The van der Waals surface area contributed by atoms with Gasteiger partial charge in [-0.25, -0.2) is 4.68 Å². The van der Waals surface area contributed by atoms with Gasteiger partial charge in [-0.3, -0.25) is 4.79 Å². The van der Waals surface area contributed by atoms with E-state index in [9.17, 15) is 4.79 Å². The lowest BCUT2D eigenvalue weighted by molar-refractivity contribution is -0.143. The van der Waals surface area contributed by atoms with Gasteiger partial charge in [0.25, 0.3) is 0 Å². The Balaban J connectivity index is 1.50. The number of benzene rings is 2. The number of hydrogen-bond donors (Lipinski definition) is 0. The molecular formula is C31H40N6O2. The van der Waals surface area contributed by atoms with E-state index in [2.05, 4.69) is 63.2 Å². The van der Waals surface area contributed by atoms with Gasteiger partial charge in [0.15, 0.2) is 0 Å². The average molecular weight is 529 g/mol. The third kappa shape index (κ3) is 5.75. The number of carbonyl (C=O) groups excluding carboxylic acids is 1. The number of aromatic nitrogens is 6. The molecule has 1 saturated carbocycles. The van der Waals surface area contributed by atoms with Crippen LogP contribution in [0.5, 0.6) is 0 Å². The van der Waals surface area contributed by atoms with Gasteiger partial charge in [-0.15, -0.1) is 15.3 Å². The van der Waals surface area contributed by atoms with Crippen LogP contribution in [0.4, 0.5) is 0 Å². The summed E-state index contributed by atoms with van der Waals surface area (Å²) in [5.74, 6) is 2.36. The van der Waals surface area contributed by atoms with Crippen molar-refractivity contribution in [2.75, 3.05) is 6.61 Å². The Morgan fingerprint density at radius 2 is 1.85 bits per heavy atom. The Morgan fingerprint density at radius 3 is 2.62 bits per heavy atom. The van der Waals surface area contributed by atoms with Crippen molar-refractivity contribution in [3.05, 3.63) is 69.8 Å². The van der Waals surface area contributed by atoms with Crippen LogP contribution < -0.4 is 0 Å². The van der Waals surface area contributed by atoms with Crippen LogP contribution in [0.1, 0.15) is 90.8 Å². The van der Waals surface area contributed by atoms with Crippen LogP contribution in [0.15, 0.2) is 30.3 Å². The first-order chi connectivity index (χ1) is 18.9. The van der Waals surface area contributed by atoms with Crippen LogP contribution >= 0.6 is 0 Å². The first-order valence-electron chi connectivity index (χ1n) is 14.3. The highest BCUT2D eigenvalue weighted by Gasteiger charge is 2.24. The molecule has 1 unspecified atom stereocenters. The minimum atomic E-state index is -0.201. The molecule has 206 valence electrons. The Kier molecular flexibility index (Phi) is 8.10. The quantitative estimate of drug-likeness (QED) is 0.257. The van der Waals surface area contributed by atoms with Gasteiger partial charge in [-0.2, -0.15) is 0 Å². The van der Waals surface area contributed by atoms with E-state index in [0.717, 1.165) is 52.3 Å². The van der Waals surface area contributed by atoms with Crippen molar-refractivity contribution in [2.24, 2.45) is 13.0 Å². The summed E-state index contributed by atoms with van der Waals surface area (Å²) in [6.07, 6.45) is 7.81. The molecule has 2 aromatic heterocycles. The monoisotopic (exact) mass is 528 g/mol. The predicted octanol–water partition coefficient (Wildman–Crippen LogP) is 5.74. The van der Waals surface area contributed by atoms with Crippen LogP contribution in [-0.4, -0.2) is 42.3 Å². The van der Waals surface area contributed by atoms with Crippen LogP contribution in [0, 0.1) is 26.7 Å². The van der Waals surface area contributed by atoms with Gasteiger partial charge in [0.1, 0.15) is 17.2 Å². The fourth-order valence-electron chi connectivity index (χ4n) is 6.10. The molecular weight excluding hydrogens is 488 g/mol. The maximum atomic E-state index is 12.8. The van der Waals surface area contributed by atoms with Crippen molar-refractivity contribution < 1.29 is 9.53 Å². The second-order valence-electron chi connectivity index (χ2n) is 11.1. The first-order valence-corrected chi connectivity index (χ1v) is 14.3. The summed E-state index contributed by atoms with van der Waals surface area (Å²) < 4.78 is 9.45. The van der Waals surface area contributed by atoms with Crippen molar-refractivity contribution >= 4 is 17.0 Å². The number of rotatable bonds is 9. The highest BCUT2D eigenvalue weighted by Crippen LogP contribution is 2.35. The third-order valence-electron chi connectivity index (χ3n) is 8.44. The minimum Gasteiger partial charge on any atom is -0.466 e. The summed E-state index contributed by atoms with van der Waals surface area (Å²) in [4.78, 5) is 12.8. The zero-order valence-corrected chi connectivity index (χ0v) is 23.9. The third-order valence-corrected chi connectivity index (χ3v) is 8.44. The summed E-state index contributed by atoms with van der Waals surface area (Å²) >= 11 is 0. The highest BCUT2D eigenvalue weighted by molar-refractivity contribution is 5.80. The van der Waals surface area contributed by atoms with E-state index < -0.39 is 0 Å². The van der Waals surface area contributed by atoms with E-state index >= 15 is 0 Å². The maximum Gasteiger partial charge on any atom is 0.306 e. The molecule has 0 spiro atoms. The molecule has 8 heteroatoms. The Bertz CT molecular complexity index is 1460. The maximum absolute atomic E-state index is 12.8. The molecule has 8 nitrogen and oxygen atoms in total. The standard InChI is InChI=1S/C31H40N6O2/c1-6-39-30(38)18-27(26-14-15-28-31(21(26)3)34-35-36(28)5)24-13-12-20(2)25(17-24)19-37-22(4)32-33-29(37)16-23-10-8-7-9-11-23/h12-15,17,23,27H,6-11,16,18-19H2,1-5H3. The number of nitrogens with zero attached hydrogens (tertiary/aromatic N) is 6. The van der Waals surface area contributed by atoms with E-state index in [1.165, 1.54) is 43.2 Å². The Morgan fingerprint density at radius 1 is 1.05 bits per heavy atom. The molecule has 1 fully saturated rings. The molecule has 4 aromatic rings. The molecule has 0 saturated heterocycles. The van der Waals surface area contributed by atoms with Gasteiger partial charge >= 0.3 is 5.97 Å². The van der Waals surface area contributed by atoms with Crippen molar-refractivity contribution in [1.29, 1.82) is 0 Å². The Labute approximate surface area is 230 Å². The van der Waals surface area contributed by atoms with Crippen LogP contribution in [-0.2, 0) is 29.5 Å². The lowest BCUT2D eigenvalue weighted by atomic mass is 9.84. The van der Waals surface area contributed by atoms with Gasteiger partial charge in [0.05, 0.1) is 25.1 Å². The van der Waals surface area contributed by atoms with Gasteiger partial charge in [0, 0.05) is 19.4 Å². The van der Waals surface area contributed by atoms with Crippen LogP contribution in [0.25, 0.3) is 11.0 Å². The molecule has 1 aliphatic rings. The molecule has 0 bridgehead atoms. The van der Waals surface area contributed by atoms with E-state index in [0.29, 0.717) is 12.5 Å². The molecule has 5 rings (SSSR count). The zero-order chi connectivity index (χ0) is 27.5. The zero-order valence-electron chi connectivity index (χ0n) is 23.9. The van der Waals surface area contributed by atoms with Gasteiger partial charge in [-0.1, -0.05) is 61.6 Å². The normalized spacial score (nSPS) is 15.1. The number of carbonyl (C=O) groups is 1. The SMILES string of the molecule is CCOC(=O)CC(c1ccc(C)c(Cn2c(C)nnc2CC2CCCCC2)c1)c1ccc2c(nnn2C)c1C.